The van der Waals surface area contributed by atoms with Crippen molar-refractivity contribution in [3.05, 3.63) is 42.5 Å². The highest BCUT2D eigenvalue weighted by Crippen LogP contribution is 2.33. The van der Waals surface area contributed by atoms with Gasteiger partial charge in [-0.2, -0.15) is 5.11 Å². The second kappa shape index (κ2) is 16.5. The molecule has 186 valence electrons. The average Bonchev–Trinajstić information content (AvgIpc) is 2.86. The molecule has 0 saturated carbocycles. The highest BCUT2D eigenvalue weighted by Gasteiger charge is 2.08. The van der Waals surface area contributed by atoms with Gasteiger partial charge in [-0.15, -0.1) is 5.11 Å². The van der Waals surface area contributed by atoms with Gasteiger partial charge in [-0.1, -0.05) is 26.2 Å². The smallest absolute Gasteiger partial charge is 0.305 e. The van der Waals surface area contributed by atoms with E-state index in [1.54, 1.807) is 7.11 Å². The van der Waals surface area contributed by atoms with E-state index < -0.39 is 0 Å². The molecule has 0 heterocycles. The lowest BCUT2D eigenvalue weighted by atomic mass is 10.2. The average molecular weight is 471 g/mol. The van der Waals surface area contributed by atoms with Crippen molar-refractivity contribution < 1.29 is 23.7 Å². The number of esters is 1. The molecule has 7 heteroatoms. The Bertz CT molecular complexity index is 868. The third-order valence-electron chi connectivity index (χ3n) is 5.13. The van der Waals surface area contributed by atoms with Crippen LogP contribution in [0.1, 0.15) is 65.2 Å². The lowest BCUT2D eigenvalue weighted by Gasteiger charge is -2.12. The van der Waals surface area contributed by atoms with E-state index in [9.17, 15) is 4.79 Å². The standard InChI is InChI=1S/C27H38N2O5/c1-4-6-7-10-19-33-24-17-18-25(29-28-22-13-15-23(31-3)16-14-22)26(21-24)34-20-11-8-9-12-27(30)32-5-2/h13-18,21H,4-12,19-20H2,1-3H3. The van der Waals surface area contributed by atoms with Crippen LogP contribution in [0.15, 0.2) is 52.7 Å². The molecule has 0 unspecified atom stereocenters. The van der Waals surface area contributed by atoms with Crippen molar-refractivity contribution in [3.63, 3.8) is 0 Å². The van der Waals surface area contributed by atoms with Crippen LogP contribution in [0.25, 0.3) is 0 Å². The van der Waals surface area contributed by atoms with Gasteiger partial charge in [0.15, 0.2) is 0 Å². The van der Waals surface area contributed by atoms with Gasteiger partial charge in [0.05, 0.1) is 32.6 Å². The fourth-order valence-electron chi connectivity index (χ4n) is 3.23. The van der Waals surface area contributed by atoms with Crippen LogP contribution in [0.3, 0.4) is 0 Å². The summed E-state index contributed by atoms with van der Waals surface area (Å²) in [6.07, 6.45) is 7.56. The van der Waals surface area contributed by atoms with Crippen molar-refractivity contribution in [3.8, 4) is 17.2 Å². The summed E-state index contributed by atoms with van der Waals surface area (Å²) in [5, 5.41) is 8.72. The third-order valence-corrected chi connectivity index (χ3v) is 5.13. The Balaban J connectivity index is 1.96. The minimum absolute atomic E-state index is 0.145. The summed E-state index contributed by atoms with van der Waals surface area (Å²) >= 11 is 0. The van der Waals surface area contributed by atoms with Crippen molar-refractivity contribution in [2.24, 2.45) is 10.2 Å². The molecular formula is C27H38N2O5. The van der Waals surface area contributed by atoms with Crippen LogP contribution in [-0.2, 0) is 9.53 Å². The van der Waals surface area contributed by atoms with Crippen molar-refractivity contribution in [2.45, 2.75) is 65.2 Å². The summed E-state index contributed by atoms with van der Waals surface area (Å²) in [5.74, 6) is 2.02. The molecular weight excluding hydrogens is 432 g/mol. The van der Waals surface area contributed by atoms with Gasteiger partial charge in [0.2, 0.25) is 0 Å². The first kappa shape index (κ1) is 27.2. The second-order valence-electron chi connectivity index (χ2n) is 7.90. The number of nitrogens with zero attached hydrogens (tertiary/aromatic N) is 2. The van der Waals surface area contributed by atoms with E-state index >= 15 is 0 Å². The summed E-state index contributed by atoms with van der Waals surface area (Å²) in [5.41, 5.74) is 1.36. The SMILES string of the molecule is CCCCCCOc1ccc(N=Nc2ccc(OC)cc2)c(OCCCCCC(=O)OCC)c1. The Morgan fingerprint density at radius 1 is 0.794 bits per heavy atom. The summed E-state index contributed by atoms with van der Waals surface area (Å²) in [6.45, 7) is 5.64. The molecule has 2 aromatic carbocycles. The van der Waals surface area contributed by atoms with E-state index in [1.165, 1.54) is 19.3 Å². The van der Waals surface area contributed by atoms with E-state index in [0.717, 1.165) is 42.9 Å². The fourth-order valence-corrected chi connectivity index (χ4v) is 3.23. The molecule has 0 bridgehead atoms. The summed E-state index contributed by atoms with van der Waals surface area (Å²) in [6, 6.07) is 13.0. The first-order chi connectivity index (χ1) is 16.7. The van der Waals surface area contributed by atoms with E-state index in [4.69, 9.17) is 18.9 Å². The maximum Gasteiger partial charge on any atom is 0.305 e. The number of hydrogen-bond donors (Lipinski definition) is 0. The van der Waals surface area contributed by atoms with Crippen LogP contribution < -0.4 is 14.2 Å². The van der Waals surface area contributed by atoms with E-state index in [2.05, 4.69) is 17.2 Å². The lowest BCUT2D eigenvalue weighted by molar-refractivity contribution is -0.143. The summed E-state index contributed by atoms with van der Waals surface area (Å²) in [7, 11) is 1.63. The molecule has 0 fully saturated rings. The zero-order chi connectivity index (χ0) is 24.4. The maximum atomic E-state index is 11.5. The van der Waals surface area contributed by atoms with E-state index in [1.807, 2.05) is 49.4 Å². The van der Waals surface area contributed by atoms with Crippen molar-refractivity contribution in [2.75, 3.05) is 26.9 Å². The van der Waals surface area contributed by atoms with Gasteiger partial charge in [-0.05, 0) is 69.0 Å². The Morgan fingerprint density at radius 3 is 2.21 bits per heavy atom. The van der Waals surface area contributed by atoms with Crippen molar-refractivity contribution in [1.82, 2.24) is 0 Å². The van der Waals surface area contributed by atoms with Gasteiger partial charge >= 0.3 is 5.97 Å². The second-order valence-corrected chi connectivity index (χ2v) is 7.90. The first-order valence-electron chi connectivity index (χ1n) is 12.3. The molecule has 0 spiro atoms. The zero-order valence-electron chi connectivity index (χ0n) is 20.8. The van der Waals surface area contributed by atoms with Crippen LogP contribution in [0.5, 0.6) is 17.2 Å². The maximum absolute atomic E-state index is 11.5. The number of ether oxygens (including phenoxy) is 4. The van der Waals surface area contributed by atoms with Gasteiger partial charge in [0.1, 0.15) is 22.9 Å². The molecule has 0 aliphatic rings. The molecule has 0 radical (unpaired) electrons. The topological polar surface area (TPSA) is 78.7 Å². The molecule has 2 rings (SSSR count). The molecule has 0 amide bonds. The van der Waals surface area contributed by atoms with Gasteiger partial charge in [-0.25, -0.2) is 0 Å². The first-order valence-corrected chi connectivity index (χ1v) is 12.3. The van der Waals surface area contributed by atoms with Gasteiger partial charge in [0.25, 0.3) is 0 Å². The highest BCUT2D eigenvalue weighted by molar-refractivity contribution is 5.69. The van der Waals surface area contributed by atoms with E-state index in [-0.39, 0.29) is 5.97 Å². The molecule has 0 N–H and O–H groups in total. The lowest BCUT2D eigenvalue weighted by Crippen LogP contribution is -2.04. The fraction of sp³-hybridized carbons (Fsp3) is 0.519. The number of benzene rings is 2. The summed E-state index contributed by atoms with van der Waals surface area (Å²) < 4.78 is 22.1. The Morgan fingerprint density at radius 2 is 1.50 bits per heavy atom. The van der Waals surface area contributed by atoms with Gasteiger partial charge < -0.3 is 18.9 Å². The third kappa shape index (κ3) is 10.7. The molecule has 0 atom stereocenters. The van der Waals surface area contributed by atoms with Gasteiger partial charge in [0, 0.05) is 12.5 Å². The monoisotopic (exact) mass is 470 g/mol. The van der Waals surface area contributed by atoms with Crippen LogP contribution in [0.4, 0.5) is 11.4 Å². The van der Waals surface area contributed by atoms with Crippen LogP contribution >= 0.6 is 0 Å². The minimum atomic E-state index is -0.145. The molecule has 0 aliphatic heterocycles. The van der Waals surface area contributed by atoms with Crippen molar-refractivity contribution >= 4 is 17.3 Å². The molecule has 0 aromatic heterocycles. The Hall–Kier alpha value is -3.09. The normalized spacial score (nSPS) is 10.9. The number of azo groups is 1. The minimum Gasteiger partial charge on any atom is -0.497 e. The number of carbonyl (C=O) groups excluding carboxylic acids is 1. The van der Waals surface area contributed by atoms with Gasteiger partial charge in [-0.3, -0.25) is 4.79 Å². The number of unbranched alkanes of at least 4 members (excludes halogenated alkanes) is 5. The summed E-state index contributed by atoms with van der Waals surface area (Å²) in [4.78, 5) is 11.5. The Labute approximate surface area is 203 Å². The largest absolute Gasteiger partial charge is 0.497 e. The van der Waals surface area contributed by atoms with Crippen molar-refractivity contribution in [1.29, 1.82) is 0 Å². The zero-order valence-corrected chi connectivity index (χ0v) is 20.8. The number of rotatable bonds is 17. The number of carbonyl (C=O) groups is 1. The predicted molar refractivity (Wildman–Crippen MR) is 134 cm³/mol. The van der Waals surface area contributed by atoms with Crippen LogP contribution in [0.2, 0.25) is 0 Å². The Kier molecular flexibility index (Phi) is 13.2. The number of hydrogen-bond acceptors (Lipinski definition) is 7. The van der Waals surface area contributed by atoms with E-state index in [0.29, 0.717) is 37.7 Å². The van der Waals surface area contributed by atoms with Crippen LogP contribution in [-0.4, -0.2) is 32.9 Å². The highest BCUT2D eigenvalue weighted by atomic mass is 16.5. The molecule has 2 aromatic rings. The molecule has 7 nitrogen and oxygen atoms in total. The molecule has 0 aliphatic carbocycles. The molecule has 0 saturated heterocycles. The quantitative estimate of drug-likeness (QED) is 0.135. The predicted octanol–water partition coefficient (Wildman–Crippen LogP) is 7.57. The van der Waals surface area contributed by atoms with Crippen LogP contribution in [0, 0.1) is 0 Å². The number of methoxy groups -OCH3 is 1. The molecule has 34 heavy (non-hydrogen) atoms.